The van der Waals surface area contributed by atoms with Crippen LogP contribution in [0.2, 0.25) is 0 Å². The lowest BCUT2D eigenvalue weighted by molar-refractivity contribution is 1.14. The summed E-state index contributed by atoms with van der Waals surface area (Å²) in [6.45, 7) is 0. The van der Waals surface area contributed by atoms with Gasteiger partial charge in [0.2, 0.25) is 0 Å². The third-order valence-electron chi connectivity index (χ3n) is 10.9. The van der Waals surface area contributed by atoms with Crippen LogP contribution >= 0.6 is 0 Å². The van der Waals surface area contributed by atoms with Crippen molar-refractivity contribution in [3.05, 3.63) is 195 Å². The first-order valence-corrected chi connectivity index (χ1v) is 18.6. The Morgan fingerprint density at radius 1 is 0.345 bits per heavy atom. The summed E-state index contributed by atoms with van der Waals surface area (Å²) in [5.41, 5.74) is 11.8. The molecule has 7 aromatic carbocycles. The molecule has 0 amide bonds. The third kappa shape index (κ3) is 5.11. The highest BCUT2D eigenvalue weighted by atomic mass is 15.0. The van der Waals surface area contributed by atoms with Crippen molar-refractivity contribution < 1.29 is 0 Å². The average Bonchev–Trinajstić information content (AvgIpc) is 3.60. The molecular weight excluding hydrogens is 669 g/mol. The molecule has 4 aromatic heterocycles. The van der Waals surface area contributed by atoms with Gasteiger partial charge >= 0.3 is 0 Å². The van der Waals surface area contributed by atoms with Crippen molar-refractivity contribution >= 4 is 54.3 Å². The van der Waals surface area contributed by atoms with E-state index in [0.29, 0.717) is 0 Å². The fraction of sp³-hybridized carbons (Fsp3) is 0. The first-order valence-electron chi connectivity index (χ1n) is 18.6. The Balaban J connectivity index is 0.926. The molecule has 11 rings (SSSR count). The van der Waals surface area contributed by atoms with Crippen LogP contribution in [-0.4, -0.2) is 19.5 Å². The minimum Gasteiger partial charge on any atom is -0.294 e. The van der Waals surface area contributed by atoms with Crippen LogP contribution in [0, 0.1) is 0 Å². The van der Waals surface area contributed by atoms with Gasteiger partial charge in [-0.3, -0.25) is 14.5 Å². The fourth-order valence-corrected chi connectivity index (χ4v) is 8.36. The van der Waals surface area contributed by atoms with Crippen molar-refractivity contribution in [3.8, 4) is 50.5 Å². The minimum atomic E-state index is 0.838. The number of nitrogens with zero attached hydrogens (tertiary/aromatic N) is 4. The van der Waals surface area contributed by atoms with Crippen LogP contribution in [0.25, 0.3) is 105 Å². The summed E-state index contributed by atoms with van der Waals surface area (Å²) in [6, 6.07) is 62.6. The molecule has 0 aliphatic rings. The van der Waals surface area contributed by atoms with Gasteiger partial charge < -0.3 is 0 Å². The lowest BCUT2D eigenvalue weighted by Crippen LogP contribution is -1.95. The van der Waals surface area contributed by atoms with E-state index in [2.05, 4.69) is 174 Å². The van der Waals surface area contributed by atoms with Crippen molar-refractivity contribution in [3.63, 3.8) is 0 Å². The smallest absolute Gasteiger partial charge is 0.145 e. The predicted molar refractivity (Wildman–Crippen MR) is 228 cm³/mol. The lowest BCUT2D eigenvalue weighted by atomic mass is 9.86. The molecule has 0 saturated carbocycles. The normalized spacial score (nSPS) is 11.6. The Hall–Kier alpha value is -7.43. The number of hydrogen-bond donors (Lipinski definition) is 0. The average molecular weight is 701 g/mol. The van der Waals surface area contributed by atoms with Gasteiger partial charge in [-0.15, -0.1) is 0 Å². The van der Waals surface area contributed by atoms with Crippen molar-refractivity contribution in [2.45, 2.75) is 0 Å². The van der Waals surface area contributed by atoms with Crippen LogP contribution in [0.5, 0.6) is 0 Å². The molecule has 4 heterocycles. The maximum Gasteiger partial charge on any atom is 0.145 e. The zero-order chi connectivity index (χ0) is 36.3. The molecule has 0 radical (unpaired) electrons. The molecule has 0 unspecified atom stereocenters. The largest absolute Gasteiger partial charge is 0.294 e. The van der Waals surface area contributed by atoms with Gasteiger partial charge in [-0.05, 0) is 103 Å². The molecule has 0 saturated heterocycles. The van der Waals surface area contributed by atoms with Crippen LogP contribution in [0.4, 0.5) is 0 Å². The molecule has 0 spiro atoms. The highest BCUT2D eigenvalue weighted by molar-refractivity contribution is 6.21. The molecule has 0 aliphatic heterocycles. The highest BCUT2D eigenvalue weighted by Gasteiger charge is 2.18. The molecule has 55 heavy (non-hydrogen) atoms. The van der Waals surface area contributed by atoms with E-state index in [0.717, 1.165) is 50.3 Å². The van der Waals surface area contributed by atoms with Crippen LogP contribution in [-0.2, 0) is 0 Å². The monoisotopic (exact) mass is 700 g/mol. The van der Waals surface area contributed by atoms with Crippen molar-refractivity contribution in [1.29, 1.82) is 0 Å². The van der Waals surface area contributed by atoms with Crippen molar-refractivity contribution in [2.75, 3.05) is 0 Å². The topological polar surface area (TPSA) is 43.6 Å². The Labute approximate surface area is 317 Å². The summed E-state index contributed by atoms with van der Waals surface area (Å²) in [4.78, 5) is 14.6. The van der Waals surface area contributed by atoms with Crippen molar-refractivity contribution in [1.82, 2.24) is 19.5 Å². The molecule has 0 N–H and O–H groups in total. The van der Waals surface area contributed by atoms with E-state index in [1.54, 1.807) is 0 Å². The number of rotatable bonds is 5. The molecule has 11 aromatic rings. The molecule has 0 atom stereocenters. The van der Waals surface area contributed by atoms with E-state index in [1.807, 2.05) is 24.7 Å². The first kappa shape index (κ1) is 31.1. The van der Waals surface area contributed by atoms with E-state index in [9.17, 15) is 0 Å². The van der Waals surface area contributed by atoms with Gasteiger partial charge in [-0.25, -0.2) is 4.98 Å². The minimum absolute atomic E-state index is 0.838. The summed E-state index contributed by atoms with van der Waals surface area (Å²) in [5, 5.41) is 9.72. The second-order valence-electron chi connectivity index (χ2n) is 14.0. The maximum absolute atomic E-state index is 4.97. The van der Waals surface area contributed by atoms with E-state index >= 15 is 0 Å². The summed E-state index contributed by atoms with van der Waals surface area (Å²) >= 11 is 0. The van der Waals surface area contributed by atoms with Gasteiger partial charge in [0.1, 0.15) is 5.65 Å². The number of fused-ring (bicyclic) bond motifs is 6. The SMILES string of the molecule is c1ccc2cc(-c3c4ccccc4c(-c4ccc(-c5ccc(-c6ccc(-n7c8ccccc8c8cccnc87)cc6)cn5)nc4)c4ccccc34)ccc2c1. The summed E-state index contributed by atoms with van der Waals surface area (Å²) in [7, 11) is 0. The quantitative estimate of drug-likeness (QED) is 0.168. The van der Waals surface area contributed by atoms with Gasteiger partial charge in [-0.2, -0.15) is 0 Å². The zero-order valence-electron chi connectivity index (χ0n) is 29.8. The van der Waals surface area contributed by atoms with Gasteiger partial charge in [0.05, 0.1) is 16.9 Å². The Morgan fingerprint density at radius 2 is 0.873 bits per heavy atom. The van der Waals surface area contributed by atoms with E-state index < -0.39 is 0 Å². The van der Waals surface area contributed by atoms with Gasteiger partial charge in [0, 0.05) is 46.2 Å². The first-order chi connectivity index (χ1) is 27.3. The zero-order valence-corrected chi connectivity index (χ0v) is 29.8. The van der Waals surface area contributed by atoms with Gasteiger partial charge in [0.15, 0.2) is 0 Å². The third-order valence-corrected chi connectivity index (χ3v) is 10.9. The molecule has 0 aliphatic carbocycles. The Morgan fingerprint density at radius 3 is 1.53 bits per heavy atom. The molecule has 4 heteroatoms. The highest BCUT2D eigenvalue weighted by Crippen LogP contribution is 2.44. The number of pyridine rings is 3. The van der Waals surface area contributed by atoms with E-state index in [4.69, 9.17) is 15.0 Å². The van der Waals surface area contributed by atoms with Crippen LogP contribution in [0.3, 0.4) is 0 Å². The van der Waals surface area contributed by atoms with Crippen molar-refractivity contribution in [2.24, 2.45) is 0 Å². The van der Waals surface area contributed by atoms with Crippen LogP contribution in [0.1, 0.15) is 0 Å². The Bertz CT molecular complexity index is 3120. The second kappa shape index (κ2) is 12.6. The molecule has 256 valence electrons. The van der Waals surface area contributed by atoms with Crippen LogP contribution in [0.15, 0.2) is 195 Å². The standard InChI is InChI=1S/C51H32N4/c1-2-11-35-30-36(20-19-33(35)10-1)49-41-13-3-5-15-43(41)50(44-16-6-4-14-42(44)49)38-24-28-47(54-32-38)46-27-23-37(31-53-46)34-21-25-39(26-22-34)55-48-18-8-7-12-40(48)45-17-9-29-52-51(45)55/h1-32H. The molecule has 0 fully saturated rings. The second-order valence-corrected chi connectivity index (χ2v) is 14.0. The summed E-state index contributed by atoms with van der Waals surface area (Å²) in [5.74, 6) is 0. The molecule has 0 bridgehead atoms. The predicted octanol–water partition coefficient (Wildman–Crippen LogP) is 13.1. The van der Waals surface area contributed by atoms with Crippen LogP contribution < -0.4 is 0 Å². The summed E-state index contributed by atoms with van der Waals surface area (Å²) in [6.07, 6.45) is 5.79. The maximum atomic E-state index is 4.97. The number of aromatic nitrogens is 4. The summed E-state index contributed by atoms with van der Waals surface area (Å²) < 4.78 is 2.23. The number of benzene rings is 7. The van der Waals surface area contributed by atoms with E-state index in [-0.39, 0.29) is 0 Å². The Kier molecular flexibility index (Phi) is 7.14. The lowest BCUT2D eigenvalue weighted by Gasteiger charge is -2.18. The molecular formula is C51H32N4. The molecule has 4 nitrogen and oxygen atoms in total. The van der Waals surface area contributed by atoms with Gasteiger partial charge in [-0.1, -0.05) is 127 Å². The van der Waals surface area contributed by atoms with Gasteiger partial charge in [0.25, 0.3) is 0 Å². The fourth-order valence-electron chi connectivity index (χ4n) is 8.36. The number of hydrogen-bond acceptors (Lipinski definition) is 3. The number of para-hydroxylation sites is 1. The van der Waals surface area contributed by atoms with E-state index in [1.165, 1.54) is 54.4 Å².